The van der Waals surface area contributed by atoms with Gasteiger partial charge in [-0.3, -0.25) is 4.79 Å². The minimum absolute atomic E-state index is 0.0834. The molecule has 1 saturated carbocycles. The summed E-state index contributed by atoms with van der Waals surface area (Å²) in [5.74, 6) is 2.67. The van der Waals surface area contributed by atoms with Gasteiger partial charge in [0.05, 0.1) is 6.04 Å². The lowest BCUT2D eigenvalue weighted by Crippen LogP contribution is -2.37. The van der Waals surface area contributed by atoms with E-state index in [-0.39, 0.29) is 11.9 Å². The number of aromatic nitrogens is 2. The number of likely N-dealkylation sites (tertiary alicyclic amines) is 1. The van der Waals surface area contributed by atoms with Gasteiger partial charge in [-0.05, 0) is 63.6 Å². The molecule has 156 valence electrons. The Balaban J connectivity index is 1.29. The van der Waals surface area contributed by atoms with Crippen LogP contribution in [0.15, 0.2) is 34.9 Å². The van der Waals surface area contributed by atoms with Crippen molar-refractivity contribution in [3.05, 3.63) is 47.6 Å². The van der Waals surface area contributed by atoms with Crippen molar-refractivity contribution >= 4 is 5.91 Å². The number of nitrogens with zero attached hydrogens (tertiary/aromatic N) is 3. The lowest BCUT2D eigenvalue weighted by atomic mass is 9.83. The van der Waals surface area contributed by atoms with Gasteiger partial charge < -0.3 is 14.7 Å². The molecule has 1 amide bonds. The highest BCUT2D eigenvalue weighted by Gasteiger charge is 2.26. The topological polar surface area (TPSA) is 71.3 Å². The number of hydrogen-bond acceptors (Lipinski definition) is 5. The van der Waals surface area contributed by atoms with E-state index in [0.717, 1.165) is 44.8 Å². The summed E-state index contributed by atoms with van der Waals surface area (Å²) in [6.07, 6.45) is 7.40. The second-order valence-electron chi connectivity index (χ2n) is 8.62. The summed E-state index contributed by atoms with van der Waals surface area (Å²) in [7, 11) is 0. The summed E-state index contributed by atoms with van der Waals surface area (Å²) < 4.78 is 5.36. The van der Waals surface area contributed by atoms with Crippen molar-refractivity contribution in [3.63, 3.8) is 0 Å². The lowest BCUT2D eigenvalue weighted by Gasteiger charge is -2.32. The van der Waals surface area contributed by atoms with Gasteiger partial charge in [0.25, 0.3) is 0 Å². The SMILES string of the molecule is Cc1noc(C2CCN(CCC(NC(=O)CC3CCC3)c3ccccc3)CC2)n1. The van der Waals surface area contributed by atoms with E-state index in [4.69, 9.17) is 4.52 Å². The van der Waals surface area contributed by atoms with Crippen LogP contribution in [0.3, 0.4) is 0 Å². The van der Waals surface area contributed by atoms with Crippen molar-refractivity contribution in [2.45, 2.75) is 63.8 Å². The maximum absolute atomic E-state index is 12.5. The molecule has 1 aliphatic heterocycles. The Morgan fingerprint density at radius 2 is 1.97 bits per heavy atom. The van der Waals surface area contributed by atoms with Crippen molar-refractivity contribution in [3.8, 4) is 0 Å². The Morgan fingerprint density at radius 1 is 1.21 bits per heavy atom. The molecule has 1 unspecified atom stereocenters. The third kappa shape index (κ3) is 5.44. The molecule has 1 atom stereocenters. The van der Waals surface area contributed by atoms with Gasteiger partial charge >= 0.3 is 0 Å². The highest BCUT2D eigenvalue weighted by Crippen LogP contribution is 2.30. The van der Waals surface area contributed by atoms with E-state index in [1.165, 1.54) is 24.8 Å². The molecule has 1 N–H and O–H groups in total. The number of benzene rings is 1. The van der Waals surface area contributed by atoms with Crippen molar-refractivity contribution in [2.75, 3.05) is 19.6 Å². The summed E-state index contributed by atoms with van der Waals surface area (Å²) >= 11 is 0. The molecule has 2 aromatic rings. The number of amides is 1. The molecule has 6 heteroatoms. The number of carbonyl (C=O) groups excluding carboxylic acids is 1. The molecular formula is C23H32N4O2. The second kappa shape index (κ2) is 9.53. The van der Waals surface area contributed by atoms with Gasteiger partial charge in [0, 0.05) is 18.9 Å². The zero-order valence-electron chi connectivity index (χ0n) is 17.3. The van der Waals surface area contributed by atoms with Crippen LogP contribution in [0.1, 0.15) is 74.2 Å². The Labute approximate surface area is 173 Å². The van der Waals surface area contributed by atoms with Gasteiger partial charge in [-0.15, -0.1) is 0 Å². The van der Waals surface area contributed by atoms with Crippen LogP contribution in [0.25, 0.3) is 0 Å². The van der Waals surface area contributed by atoms with E-state index in [0.29, 0.717) is 24.1 Å². The molecular weight excluding hydrogens is 364 g/mol. The normalized spacial score (nSPS) is 19.6. The highest BCUT2D eigenvalue weighted by molar-refractivity contribution is 5.76. The van der Waals surface area contributed by atoms with E-state index < -0.39 is 0 Å². The van der Waals surface area contributed by atoms with Crippen molar-refractivity contribution in [1.29, 1.82) is 0 Å². The Morgan fingerprint density at radius 3 is 2.59 bits per heavy atom. The third-order valence-electron chi connectivity index (χ3n) is 6.45. The monoisotopic (exact) mass is 396 g/mol. The fourth-order valence-electron chi connectivity index (χ4n) is 4.41. The minimum Gasteiger partial charge on any atom is -0.349 e. The number of carbonyl (C=O) groups is 1. The average Bonchev–Trinajstić information content (AvgIpc) is 3.15. The van der Waals surface area contributed by atoms with Crippen molar-refractivity contribution < 1.29 is 9.32 Å². The first-order chi connectivity index (χ1) is 14.2. The first-order valence-corrected chi connectivity index (χ1v) is 11.0. The Hall–Kier alpha value is -2.21. The molecule has 4 rings (SSSR count). The van der Waals surface area contributed by atoms with Crippen LogP contribution >= 0.6 is 0 Å². The van der Waals surface area contributed by atoms with E-state index in [1.807, 2.05) is 13.0 Å². The minimum atomic E-state index is 0.0834. The Kier molecular flexibility index (Phi) is 6.60. The van der Waals surface area contributed by atoms with Gasteiger partial charge in [0.1, 0.15) is 0 Å². The van der Waals surface area contributed by atoms with Crippen LogP contribution in [0.5, 0.6) is 0 Å². The average molecular weight is 397 g/mol. The van der Waals surface area contributed by atoms with Crippen LogP contribution in [-0.2, 0) is 4.79 Å². The summed E-state index contributed by atoms with van der Waals surface area (Å²) in [5.41, 5.74) is 1.20. The number of aryl methyl sites for hydroxylation is 1. The van der Waals surface area contributed by atoms with E-state index >= 15 is 0 Å². The molecule has 0 spiro atoms. The van der Waals surface area contributed by atoms with Crippen LogP contribution in [-0.4, -0.2) is 40.6 Å². The maximum Gasteiger partial charge on any atom is 0.229 e. The number of nitrogens with one attached hydrogen (secondary N) is 1. The number of piperidine rings is 1. The van der Waals surface area contributed by atoms with Crippen molar-refractivity contribution in [2.24, 2.45) is 5.92 Å². The van der Waals surface area contributed by atoms with Gasteiger partial charge in [-0.25, -0.2) is 0 Å². The molecule has 2 fully saturated rings. The standard InChI is InChI=1S/C23H32N4O2/c1-17-24-23(29-26-17)20-10-13-27(14-11-20)15-12-21(19-8-3-2-4-9-19)25-22(28)16-18-6-5-7-18/h2-4,8-9,18,20-21H,5-7,10-16H2,1H3,(H,25,28). The molecule has 1 saturated heterocycles. The van der Waals surface area contributed by atoms with E-state index in [9.17, 15) is 4.79 Å². The fraction of sp³-hybridized carbons (Fsp3) is 0.609. The number of hydrogen-bond donors (Lipinski definition) is 1. The molecule has 0 radical (unpaired) electrons. The molecule has 29 heavy (non-hydrogen) atoms. The highest BCUT2D eigenvalue weighted by atomic mass is 16.5. The first kappa shape index (κ1) is 20.1. The first-order valence-electron chi connectivity index (χ1n) is 11.0. The van der Waals surface area contributed by atoms with Gasteiger partial charge in [0.15, 0.2) is 5.82 Å². The third-order valence-corrected chi connectivity index (χ3v) is 6.45. The summed E-state index contributed by atoms with van der Waals surface area (Å²) in [5, 5.41) is 7.23. The van der Waals surface area contributed by atoms with Gasteiger partial charge in [-0.1, -0.05) is 41.9 Å². The smallest absolute Gasteiger partial charge is 0.229 e. The van der Waals surface area contributed by atoms with Crippen LogP contribution in [0.2, 0.25) is 0 Å². The summed E-state index contributed by atoms with van der Waals surface area (Å²) in [6.45, 7) is 4.91. The Bertz CT molecular complexity index is 779. The van der Waals surface area contributed by atoms with Crippen molar-refractivity contribution in [1.82, 2.24) is 20.4 Å². The van der Waals surface area contributed by atoms with Gasteiger partial charge in [-0.2, -0.15) is 4.98 Å². The zero-order chi connectivity index (χ0) is 20.1. The van der Waals surface area contributed by atoms with E-state index in [2.05, 4.69) is 44.6 Å². The summed E-state index contributed by atoms with van der Waals surface area (Å²) in [4.78, 5) is 19.4. The lowest BCUT2D eigenvalue weighted by molar-refractivity contribution is -0.123. The number of rotatable bonds is 8. The molecule has 0 bridgehead atoms. The predicted molar refractivity (Wildman–Crippen MR) is 111 cm³/mol. The quantitative estimate of drug-likeness (QED) is 0.730. The van der Waals surface area contributed by atoms with Gasteiger partial charge in [0.2, 0.25) is 11.8 Å². The predicted octanol–water partition coefficient (Wildman–Crippen LogP) is 4.00. The van der Waals surface area contributed by atoms with Crippen LogP contribution < -0.4 is 5.32 Å². The molecule has 1 aliphatic carbocycles. The molecule has 2 heterocycles. The largest absolute Gasteiger partial charge is 0.349 e. The maximum atomic E-state index is 12.5. The summed E-state index contributed by atoms with van der Waals surface area (Å²) in [6, 6.07) is 10.5. The van der Waals surface area contributed by atoms with Crippen LogP contribution in [0, 0.1) is 12.8 Å². The molecule has 1 aromatic heterocycles. The van der Waals surface area contributed by atoms with E-state index in [1.54, 1.807) is 0 Å². The van der Waals surface area contributed by atoms with Crippen LogP contribution in [0.4, 0.5) is 0 Å². The molecule has 6 nitrogen and oxygen atoms in total. The fourth-order valence-corrected chi connectivity index (χ4v) is 4.41. The molecule has 1 aromatic carbocycles. The zero-order valence-corrected chi connectivity index (χ0v) is 17.3. The second-order valence-corrected chi connectivity index (χ2v) is 8.62. The molecule has 2 aliphatic rings.